The molecule has 0 aliphatic carbocycles. The van der Waals surface area contributed by atoms with Crippen LogP contribution in [0.5, 0.6) is 17.2 Å². The van der Waals surface area contributed by atoms with Crippen LogP contribution in [0.1, 0.15) is 18.5 Å². The van der Waals surface area contributed by atoms with Crippen molar-refractivity contribution in [1.82, 2.24) is 0 Å². The molecular formula is C15H16BrNO2. The predicted octanol–water partition coefficient (Wildman–Crippen LogP) is 4.27. The van der Waals surface area contributed by atoms with Crippen LogP contribution in [0, 0.1) is 0 Å². The third kappa shape index (κ3) is 3.49. The van der Waals surface area contributed by atoms with E-state index in [0.717, 1.165) is 27.3 Å². The Morgan fingerprint density at radius 3 is 2.53 bits per heavy atom. The summed E-state index contributed by atoms with van der Waals surface area (Å²) in [6.45, 7) is 1.95. The van der Waals surface area contributed by atoms with E-state index in [-0.39, 0.29) is 6.04 Å². The summed E-state index contributed by atoms with van der Waals surface area (Å²) in [6.07, 6.45) is 0. The zero-order valence-electron chi connectivity index (χ0n) is 10.9. The topological polar surface area (TPSA) is 44.5 Å². The average Bonchev–Trinajstić information content (AvgIpc) is 2.41. The van der Waals surface area contributed by atoms with Gasteiger partial charge in [0.1, 0.15) is 17.2 Å². The van der Waals surface area contributed by atoms with E-state index in [2.05, 4.69) is 15.9 Å². The smallest absolute Gasteiger partial charge is 0.141 e. The van der Waals surface area contributed by atoms with E-state index in [9.17, 15) is 0 Å². The summed E-state index contributed by atoms with van der Waals surface area (Å²) < 4.78 is 11.8. The lowest BCUT2D eigenvalue weighted by Crippen LogP contribution is -2.04. The molecule has 2 rings (SSSR count). The largest absolute Gasteiger partial charge is 0.497 e. The summed E-state index contributed by atoms with van der Waals surface area (Å²) >= 11 is 3.46. The highest BCUT2D eigenvalue weighted by Gasteiger charge is 2.06. The van der Waals surface area contributed by atoms with Crippen LogP contribution in [0.3, 0.4) is 0 Å². The Morgan fingerprint density at radius 2 is 1.89 bits per heavy atom. The van der Waals surface area contributed by atoms with Crippen molar-refractivity contribution >= 4 is 15.9 Å². The van der Waals surface area contributed by atoms with E-state index < -0.39 is 0 Å². The Hall–Kier alpha value is -1.52. The van der Waals surface area contributed by atoms with Gasteiger partial charge in [-0.25, -0.2) is 0 Å². The zero-order chi connectivity index (χ0) is 13.8. The van der Waals surface area contributed by atoms with E-state index in [4.69, 9.17) is 15.2 Å². The second-order valence-electron chi connectivity index (χ2n) is 4.26. The Balaban J connectivity index is 2.23. The van der Waals surface area contributed by atoms with Crippen molar-refractivity contribution in [1.29, 1.82) is 0 Å². The zero-order valence-corrected chi connectivity index (χ0v) is 12.5. The van der Waals surface area contributed by atoms with Gasteiger partial charge in [-0.05, 0) is 58.7 Å². The molecule has 3 nitrogen and oxygen atoms in total. The molecule has 2 N–H and O–H groups in total. The number of methoxy groups -OCH3 is 1. The molecule has 0 heterocycles. The minimum Gasteiger partial charge on any atom is -0.497 e. The van der Waals surface area contributed by atoms with Gasteiger partial charge in [-0.2, -0.15) is 0 Å². The number of nitrogens with two attached hydrogens (primary N) is 1. The second kappa shape index (κ2) is 6.08. The Morgan fingerprint density at radius 1 is 1.11 bits per heavy atom. The third-order valence-corrected chi connectivity index (χ3v) is 3.37. The highest BCUT2D eigenvalue weighted by atomic mass is 79.9. The molecule has 100 valence electrons. The van der Waals surface area contributed by atoms with Crippen LogP contribution in [-0.4, -0.2) is 7.11 Å². The van der Waals surface area contributed by atoms with Crippen molar-refractivity contribution in [3.8, 4) is 17.2 Å². The fourth-order valence-electron chi connectivity index (χ4n) is 1.68. The summed E-state index contributed by atoms with van der Waals surface area (Å²) in [5.74, 6) is 2.28. The molecule has 0 aromatic heterocycles. The second-order valence-corrected chi connectivity index (χ2v) is 5.11. The molecule has 2 aromatic carbocycles. The van der Waals surface area contributed by atoms with Crippen LogP contribution in [0.4, 0.5) is 0 Å². The Kier molecular flexibility index (Phi) is 4.45. The number of hydrogen-bond acceptors (Lipinski definition) is 3. The molecule has 1 atom stereocenters. The number of benzene rings is 2. The van der Waals surface area contributed by atoms with Crippen LogP contribution < -0.4 is 15.2 Å². The molecule has 4 heteroatoms. The fraction of sp³-hybridized carbons (Fsp3) is 0.200. The van der Waals surface area contributed by atoms with Crippen LogP contribution in [0.15, 0.2) is 46.9 Å². The first kappa shape index (κ1) is 13.9. The summed E-state index contributed by atoms with van der Waals surface area (Å²) in [7, 11) is 1.63. The standard InChI is InChI=1S/C15H16BrNO2/c1-10(17)11-4-3-5-13(8-11)19-15-7-6-12(18-2)9-14(15)16/h3-10H,17H2,1-2H3. The van der Waals surface area contributed by atoms with Crippen molar-refractivity contribution in [3.05, 3.63) is 52.5 Å². The number of rotatable bonds is 4. The molecule has 19 heavy (non-hydrogen) atoms. The van der Waals surface area contributed by atoms with Crippen molar-refractivity contribution in [3.63, 3.8) is 0 Å². The summed E-state index contributed by atoms with van der Waals surface area (Å²) in [5, 5.41) is 0. The fourth-order valence-corrected chi connectivity index (χ4v) is 2.12. The lowest BCUT2D eigenvalue weighted by molar-refractivity contribution is 0.412. The molecule has 0 saturated carbocycles. The van der Waals surface area contributed by atoms with Gasteiger partial charge in [0, 0.05) is 6.04 Å². The van der Waals surface area contributed by atoms with Crippen molar-refractivity contribution in [2.45, 2.75) is 13.0 Å². The third-order valence-electron chi connectivity index (χ3n) is 2.75. The van der Waals surface area contributed by atoms with Crippen molar-refractivity contribution in [2.75, 3.05) is 7.11 Å². The van der Waals surface area contributed by atoms with Crippen molar-refractivity contribution < 1.29 is 9.47 Å². The molecule has 0 spiro atoms. The molecule has 0 aliphatic rings. The van der Waals surface area contributed by atoms with Gasteiger partial charge in [-0.15, -0.1) is 0 Å². The highest BCUT2D eigenvalue weighted by molar-refractivity contribution is 9.10. The predicted molar refractivity (Wildman–Crippen MR) is 79.8 cm³/mol. The number of ether oxygens (including phenoxy) is 2. The van der Waals surface area contributed by atoms with E-state index in [0.29, 0.717) is 0 Å². The van der Waals surface area contributed by atoms with Crippen LogP contribution in [-0.2, 0) is 0 Å². The van der Waals surface area contributed by atoms with Crippen LogP contribution in [0.2, 0.25) is 0 Å². The van der Waals surface area contributed by atoms with Gasteiger partial charge < -0.3 is 15.2 Å². The maximum Gasteiger partial charge on any atom is 0.141 e. The maximum absolute atomic E-state index is 5.86. The number of halogens is 1. The minimum absolute atomic E-state index is 0.0112. The SMILES string of the molecule is COc1ccc(Oc2cccc(C(C)N)c2)c(Br)c1. The normalized spacial score (nSPS) is 12.0. The number of hydrogen-bond donors (Lipinski definition) is 1. The van der Waals surface area contributed by atoms with Gasteiger partial charge in [0.15, 0.2) is 0 Å². The monoisotopic (exact) mass is 321 g/mol. The molecule has 0 bridgehead atoms. The quantitative estimate of drug-likeness (QED) is 0.914. The molecule has 0 amide bonds. The Labute approximate surface area is 121 Å². The van der Waals surface area contributed by atoms with Crippen LogP contribution in [0.25, 0.3) is 0 Å². The molecule has 0 aliphatic heterocycles. The summed E-state index contributed by atoms with van der Waals surface area (Å²) in [6, 6.07) is 13.3. The Bertz CT molecular complexity index is 570. The molecule has 0 radical (unpaired) electrons. The first-order valence-corrected chi connectivity index (χ1v) is 6.76. The molecule has 0 fully saturated rings. The maximum atomic E-state index is 5.86. The molecule has 0 saturated heterocycles. The van der Waals surface area contributed by atoms with Gasteiger partial charge >= 0.3 is 0 Å². The van der Waals surface area contributed by atoms with Gasteiger partial charge in [-0.3, -0.25) is 0 Å². The van der Waals surface area contributed by atoms with E-state index in [1.807, 2.05) is 49.4 Å². The van der Waals surface area contributed by atoms with Gasteiger partial charge in [0.2, 0.25) is 0 Å². The van der Waals surface area contributed by atoms with E-state index >= 15 is 0 Å². The molecular weight excluding hydrogens is 306 g/mol. The minimum atomic E-state index is -0.0112. The first-order chi connectivity index (χ1) is 9.10. The first-order valence-electron chi connectivity index (χ1n) is 5.97. The molecule has 2 aromatic rings. The lowest BCUT2D eigenvalue weighted by atomic mass is 10.1. The average molecular weight is 322 g/mol. The van der Waals surface area contributed by atoms with E-state index in [1.165, 1.54) is 0 Å². The highest BCUT2D eigenvalue weighted by Crippen LogP contribution is 2.33. The summed E-state index contributed by atoms with van der Waals surface area (Å²) in [5.41, 5.74) is 6.91. The van der Waals surface area contributed by atoms with Gasteiger partial charge in [0.05, 0.1) is 11.6 Å². The van der Waals surface area contributed by atoms with Gasteiger partial charge in [-0.1, -0.05) is 12.1 Å². The van der Waals surface area contributed by atoms with E-state index in [1.54, 1.807) is 7.11 Å². The van der Waals surface area contributed by atoms with Crippen LogP contribution >= 0.6 is 15.9 Å². The van der Waals surface area contributed by atoms with Gasteiger partial charge in [0.25, 0.3) is 0 Å². The molecule has 1 unspecified atom stereocenters. The lowest BCUT2D eigenvalue weighted by Gasteiger charge is -2.11. The van der Waals surface area contributed by atoms with Crippen molar-refractivity contribution in [2.24, 2.45) is 5.73 Å². The summed E-state index contributed by atoms with van der Waals surface area (Å²) in [4.78, 5) is 0.